The molecule has 0 atom stereocenters. The van der Waals surface area contributed by atoms with E-state index in [0.29, 0.717) is 5.71 Å². The number of hydrogen-bond donors (Lipinski definition) is 0. The molecule has 326 valence electrons. The summed E-state index contributed by atoms with van der Waals surface area (Å²) in [5, 5.41) is 1.99. The van der Waals surface area contributed by atoms with Crippen molar-refractivity contribution in [3.8, 4) is 101 Å². The average molecular weight is 885 g/mol. The standard InChI is InChI=1S/C64H44N4O/c1-41-33-60(43-17-5-3-6-18-43)67-39-57(41)53-25-13-11-23-51(53)47-35-46(36-48(37-47)52-24-12-14-26-54(52)58-40-68-61(34-42(58)2)44-19-7-4-8-20-44)50-22-10-9-21-49(50)45-29-30-59(66-38-45)55-31-32-65-64-63(55)56-27-15-16-28-62(56)69-64/h3-40H,1-2H3. The summed E-state index contributed by atoms with van der Waals surface area (Å²) in [6.07, 6.45) is 7.84. The highest BCUT2D eigenvalue weighted by molar-refractivity contribution is 6.10. The largest absolute Gasteiger partial charge is 0.438 e. The lowest BCUT2D eigenvalue weighted by Crippen LogP contribution is -1.95. The van der Waals surface area contributed by atoms with Crippen molar-refractivity contribution in [2.75, 3.05) is 0 Å². The number of furan rings is 1. The zero-order chi connectivity index (χ0) is 46.3. The van der Waals surface area contributed by atoms with Gasteiger partial charge >= 0.3 is 0 Å². The molecule has 5 heteroatoms. The maximum absolute atomic E-state index is 6.13. The highest BCUT2D eigenvalue weighted by Crippen LogP contribution is 2.44. The summed E-state index contributed by atoms with van der Waals surface area (Å²) < 4.78 is 6.13. The Kier molecular flexibility index (Phi) is 10.6. The van der Waals surface area contributed by atoms with E-state index in [1.54, 1.807) is 6.20 Å². The van der Waals surface area contributed by atoms with Gasteiger partial charge in [-0.15, -0.1) is 0 Å². The first-order chi connectivity index (χ1) is 34.0. The van der Waals surface area contributed by atoms with Crippen LogP contribution >= 0.6 is 0 Å². The summed E-state index contributed by atoms with van der Waals surface area (Å²) in [6, 6.07) is 72.6. The van der Waals surface area contributed by atoms with E-state index < -0.39 is 0 Å². The van der Waals surface area contributed by atoms with Crippen molar-refractivity contribution in [1.82, 2.24) is 19.9 Å². The van der Waals surface area contributed by atoms with Crippen LogP contribution in [0.2, 0.25) is 0 Å². The number of rotatable bonds is 9. The Balaban J connectivity index is 1.01. The molecule has 0 unspecified atom stereocenters. The number of aryl methyl sites for hydroxylation is 2. The van der Waals surface area contributed by atoms with Gasteiger partial charge in [0.25, 0.3) is 0 Å². The van der Waals surface area contributed by atoms with Crippen molar-refractivity contribution >= 4 is 22.1 Å². The molecule has 5 nitrogen and oxygen atoms in total. The first-order valence-corrected chi connectivity index (χ1v) is 23.3. The molecule has 0 aliphatic rings. The van der Waals surface area contributed by atoms with Gasteiger partial charge in [-0.05, 0) is 124 Å². The molecule has 5 heterocycles. The van der Waals surface area contributed by atoms with Crippen molar-refractivity contribution < 1.29 is 4.42 Å². The molecule has 0 fully saturated rings. The van der Waals surface area contributed by atoms with Crippen LogP contribution < -0.4 is 0 Å². The first kappa shape index (κ1) is 41.4. The summed E-state index contributed by atoms with van der Waals surface area (Å²) >= 11 is 0. The summed E-state index contributed by atoms with van der Waals surface area (Å²) in [4.78, 5) is 19.7. The van der Waals surface area contributed by atoms with E-state index in [1.807, 2.05) is 55.0 Å². The average Bonchev–Trinajstić information content (AvgIpc) is 3.80. The Morgan fingerprint density at radius 3 is 1.26 bits per heavy atom. The van der Waals surface area contributed by atoms with Gasteiger partial charge < -0.3 is 4.42 Å². The lowest BCUT2D eigenvalue weighted by atomic mass is 9.86. The molecule has 12 rings (SSSR count). The number of aromatic nitrogens is 4. The van der Waals surface area contributed by atoms with Crippen LogP contribution in [0.5, 0.6) is 0 Å². The maximum Gasteiger partial charge on any atom is 0.227 e. The minimum absolute atomic E-state index is 0.606. The molecule has 5 aromatic heterocycles. The first-order valence-electron chi connectivity index (χ1n) is 23.3. The van der Waals surface area contributed by atoms with Crippen molar-refractivity contribution in [2.45, 2.75) is 13.8 Å². The van der Waals surface area contributed by atoms with Crippen molar-refractivity contribution in [3.63, 3.8) is 0 Å². The summed E-state index contributed by atoms with van der Waals surface area (Å²) in [5.74, 6) is 0. The zero-order valence-corrected chi connectivity index (χ0v) is 38.1. The second-order valence-corrected chi connectivity index (χ2v) is 17.5. The molecule has 0 saturated carbocycles. The van der Waals surface area contributed by atoms with Crippen LogP contribution in [0.25, 0.3) is 123 Å². The van der Waals surface area contributed by atoms with E-state index in [0.717, 1.165) is 128 Å². The van der Waals surface area contributed by atoms with Crippen LogP contribution in [-0.4, -0.2) is 19.9 Å². The quantitative estimate of drug-likeness (QED) is 0.144. The molecule has 0 aliphatic heterocycles. The van der Waals surface area contributed by atoms with Crippen LogP contribution in [0.4, 0.5) is 0 Å². The Labute approximate surface area is 401 Å². The zero-order valence-electron chi connectivity index (χ0n) is 38.1. The Hall–Kier alpha value is -9.06. The van der Waals surface area contributed by atoms with E-state index in [4.69, 9.17) is 19.4 Å². The van der Waals surface area contributed by atoms with Crippen LogP contribution in [0.3, 0.4) is 0 Å². The van der Waals surface area contributed by atoms with Gasteiger partial charge in [-0.25, -0.2) is 4.98 Å². The summed E-state index contributed by atoms with van der Waals surface area (Å²) in [7, 11) is 0. The van der Waals surface area contributed by atoms with Gasteiger partial charge in [0.1, 0.15) is 5.58 Å². The van der Waals surface area contributed by atoms with Crippen molar-refractivity contribution in [2.24, 2.45) is 0 Å². The molecule has 0 aliphatic carbocycles. The Bertz CT molecular complexity index is 3710. The smallest absolute Gasteiger partial charge is 0.227 e. The molecule has 0 saturated heterocycles. The molecule has 0 bridgehead atoms. The van der Waals surface area contributed by atoms with Gasteiger partial charge in [0.2, 0.25) is 5.71 Å². The van der Waals surface area contributed by atoms with Crippen LogP contribution in [0.15, 0.2) is 235 Å². The normalized spacial score (nSPS) is 11.3. The minimum Gasteiger partial charge on any atom is -0.438 e. The predicted molar refractivity (Wildman–Crippen MR) is 283 cm³/mol. The van der Waals surface area contributed by atoms with Gasteiger partial charge in [0.05, 0.1) is 22.5 Å². The fourth-order valence-corrected chi connectivity index (χ4v) is 9.80. The number of pyridine rings is 4. The van der Waals surface area contributed by atoms with Crippen molar-refractivity contribution in [3.05, 3.63) is 242 Å². The van der Waals surface area contributed by atoms with Crippen molar-refractivity contribution in [1.29, 1.82) is 0 Å². The Morgan fingerprint density at radius 1 is 0.304 bits per heavy atom. The van der Waals surface area contributed by atoms with E-state index >= 15 is 0 Å². The van der Waals surface area contributed by atoms with Gasteiger partial charge in [0.15, 0.2) is 0 Å². The molecular weight excluding hydrogens is 841 g/mol. The second-order valence-electron chi connectivity index (χ2n) is 17.5. The summed E-state index contributed by atoms with van der Waals surface area (Å²) in [6.45, 7) is 4.37. The molecular formula is C64H44N4O. The van der Waals surface area contributed by atoms with Crippen LogP contribution in [0, 0.1) is 13.8 Å². The lowest BCUT2D eigenvalue weighted by molar-refractivity contribution is 0.654. The topological polar surface area (TPSA) is 64.7 Å². The van der Waals surface area contributed by atoms with E-state index in [2.05, 4.69) is 189 Å². The number of benzene rings is 7. The summed E-state index contributed by atoms with van der Waals surface area (Å²) in [5.41, 5.74) is 22.9. The third-order valence-corrected chi connectivity index (χ3v) is 13.2. The number of fused-ring (bicyclic) bond motifs is 3. The molecule has 0 radical (unpaired) electrons. The SMILES string of the molecule is Cc1cc(-c2ccccc2)ncc1-c1ccccc1-c1cc(-c2ccccc2-c2ccc(-c3ccnc4oc5ccccc5c34)nc2)cc(-c2ccccc2-c2cnc(-c3ccccc3)cc2C)c1. The third-order valence-electron chi connectivity index (χ3n) is 13.2. The maximum atomic E-state index is 6.13. The molecule has 7 aromatic carbocycles. The molecule has 0 N–H and O–H groups in total. The van der Waals surface area contributed by atoms with Gasteiger partial charge in [0, 0.05) is 63.6 Å². The second kappa shape index (κ2) is 17.6. The van der Waals surface area contributed by atoms with Crippen LogP contribution in [0.1, 0.15) is 11.1 Å². The third kappa shape index (κ3) is 7.76. The minimum atomic E-state index is 0.606. The van der Waals surface area contributed by atoms with Gasteiger partial charge in [-0.3, -0.25) is 15.0 Å². The van der Waals surface area contributed by atoms with E-state index in [1.165, 1.54) is 0 Å². The monoisotopic (exact) mass is 884 g/mol. The number of nitrogens with zero attached hydrogens (tertiary/aromatic N) is 4. The molecule has 69 heavy (non-hydrogen) atoms. The van der Waals surface area contributed by atoms with Gasteiger partial charge in [-0.2, -0.15) is 0 Å². The van der Waals surface area contributed by atoms with Crippen LogP contribution in [-0.2, 0) is 0 Å². The highest BCUT2D eigenvalue weighted by Gasteiger charge is 2.19. The van der Waals surface area contributed by atoms with E-state index in [-0.39, 0.29) is 0 Å². The number of hydrogen-bond acceptors (Lipinski definition) is 5. The molecule has 0 amide bonds. The Morgan fingerprint density at radius 2 is 0.754 bits per heavy atom. The lowest BCUT2D eigenvalue weighted by Gasteiger charge is -2.19. The number of para-hydroxylation sites is 1. The van der Waals surface area contributed by atoms with E-state index in [9.17, 15) is 0 Å². The fraction of sp³-hybridized carbons (Fsp3) is 0.0312. The molecule has 0 spiro atoms. The predicted octanol–water partition coefficient (Wildman–Crippen LogP) is 16.8. The molecule has 12 aromatic rings. The van der Waals surface area contributed by atoms with Gasteiger partial charge in [-0.1, -0.05) is 158 Å². The highest BCUT2D eigenvalue weighted by atomic mass is 16.3. The fourth-order valence-electron chi connectivity index (χ4n) is 9.80.